The first-order chi connectivity index (χ1) is 7.43. The SMILES string of the molecule is C1CC(c2noc(C3CCNC3)n2)CN1. The van der Waals surface area contributed by atoms with Gasteiger partial charge in [0.25, 0.3) is 0 Å². The lowest BCUT2D eigenvalue weighted by Crippen LogP contribution is -2.09. The number of nitrogens with one attached hydrogen (secondary N) is 2. The summed E-state index contributed by atoms with van der Waals surface area (Å²) in [7, 11) is 0. The molecule has 0 radical (unpaired) electrons. The summed E-state index contributed by atoms with van der Waals surface area (Å²) in [6.07, 6.45) is 2.24. The minimum Gasteiger partial charge on any atom is -0.339 e. The summed E-state index contributed by atoms with van der Waals surface area (Å²) in [5, 5.41) is 10.7. The molecule has 82 valence electrons. The van der Waals surface area contributed by atoms with E-state index in [4.69, 9.17) is 4.52 Å². The monoisotopic (exact) mass is 208 g/mol. The van der Waals surface area contributed by atoms with E-state index in [-0.39, 0.29) is 0 Å². The largest absolute Gasteiger partial charge is 0.339 e. The molecule has 2 saturated heterocycles. The zero-order valence-electron chi connectivity index (χ0n) is 8.70. The van der Waals surface area contributed by atoms with Gasteiger partial charge >= 0.3 is 0 Å². The molecular formula is C10H16N4O. The molecule has 0 aromatic carbocycles. The summed E-state index contributed by atoms with van der Waals surface area (Å²) in [5.74, 6) is 2.60. The third-order valence-corrected chi connectivity index (χ3v) is 3.29. The van der Waals surface area contributed by atoms with E-state index in [1.54, 1.807) is 0 Å². The highest BCUT2D eigenvalue weighted by molar-refractivity contribution is 5.03. The second-order valence-electron chi connectivity index (χ2n) is 4.37. The smallest absolute Gasteiger partial charge is 0.231 e. The van der Waals surface area contributed by atoms with Crippen molar-refractivity contribution in [3.63, 3.8) is 0 Å². The summed E-state index contributed by atoms with van der Waals surface area (Å²) in [4.78, 5) is 4.52. The maximum atomic E-state index is 5.33. The molecule has 3 heterocycles. The van der Waals surface area contributed by atoms with Gasteiger partial charge in [0.1, 0.15) is 0 Å². The number of hydrogen-bond donors (Lipinski definition) is 2. The van der Waals surface area contributed by atoms with Gasteiger partial charge in [-0.2, -0.15) is 4.98 Å². The van der Waals surface area contributed by atoms with Gasteiger partial charge in [0.2, 0.25) is 5.89 Å². The summed E-state index contributed by atoms with van der Waals surface area (Å²) in [6.45, 7) is 4.10. The number of aromatic nitrogens is 2. The molecular weight excluding hydrogens is 192 g/mol. The van der Waals surface area contributed by atoms with Crippen LogP contribution in [0, 0.1) is 0 Å². The standard InChI is InChI=1S/C10H16N4O/c1-3-11-5-7(1)9-13-10(15-14-9)8-2-4-12-6-8/h7-8,11-12H,1-6H2. The Morgan fingerprint density at radius 2 is 1.80 bits per heavy atom. The molecule has 0 spiro atoms. The Bertz CT molecular complexity index is 295. The van der Waals surface area contributed by atoms with Crippen molar-refractivity contribution >= 4 is 0 Å². The van der Waals surface area contributed by atoms with Crippen molar-refractivity contribution in [1.82, 2.24) is 20.8 Å². The predicted molar refractivity (Wildman–Crippen MR) is 54.8 cm³/mol. The van der Waals surface area contributed by atoms with Crippen molar-refractivity contribution in [2.75, 3.05) is 26.2 Å². The Balaban J connectivity index is 1.74. The molecule has 2 unspecified atom stereocenters. The van der Waals surface area contributed by atoms with Gasteiger partial charge in [-0.15, -0.1) is 0 Å². The van der Waals surface area contributed by atoms with Crippen LogP contribution in [0.25, 0.3) is 0 Å². The highest BCUT2D eigenvalue weighted by Gasteiger charge is 2.26. The fourth-order valence-corrected chi connectivity index (χ4v) is 2.32. The molecule has 2 N–H and O–H groups in total. The van der Waals surface area contributed by atoms with Gasteiger partial charge in [0.15, 0.2) is 5.82 Å². The highest BCUT2D eigenvalue weighted by Crippen LogP contribution is 2.24. The quantitative estimate of drug-likeness (QED) is 0.728. The highest BCUT2D eigenvalue weighted by atomic mass is 16.5. The number of nitrogens with zero attached hydrogens (tertiary/aromatic N) is 2. The summed E-state index contributed by atoms with van der Waals surface area (Å²) < 4.78 is 5.33. The molecule has 2 aliphatic rings. The van der Waals surface area contributed by atoms with Gasteiger partial charge in [-0.05, 0) is 25.9 Å². The summed E-state index contributed by atoms with van der Waals surface area (Å²) in [6, 6.07) is 0. The minimum absolute atomic E-state index is 0.431. The summed E-state index contributed by atoms with van der Waals surface area (Å²) >= 11 is 0. The van der Waals surface area contributed by atoms with Gasteiger partial charge in [-0.3, -0.25) is 0 Å². The lowest BCUT2D eigenvalue weighted by Gasteiger charge is -2.00. The molecule has 2 atom stereocenters. The average Bonchev–Trinajstić information content (AvgIpc) is 3.02. The van der Waals surface area contributed by atoms with E-state index in [0.717, 1.165) is 50.7 Å². The topological polar surface area (TPSA) is 63.0 Å². The van der Waals surface area contributed by atoms with Crippen LogP contribution in [-0.2, 0) is 0 Å². The van der Waals surface area contributed by atoms with Crippen LogP contribution < -0.4 is 10.6 Å². The first-order valence-electron chi connectivity index (χ1n) is 5.68. The molecule has 0 amide bonds. The van der Waals surface area contributed by atoms with Crippen molar-refractivity contribution in [2.24, 2.45) is 0 Å². The van der Waals surface area contributed by atoms with Gasteiger partial charge < -0.3 is 15.2 Å². The fourth-order valence-electron chi connectivity index (χ4n) is 2.32. The van der Waals surface area contributed by atoms with Crippen LogP contribution in [0.5, 0.6) is 0 Å². The zero-order chi connectivity index (χ0) is 10.1. The van der Waals surface area contributed by atoms with E-state index in [1.165, 1.54) is 0 Å². The molecule has 2 fully saturated rings. The normalized spacial score (nSPS) is 31.2. The maximum absolute atomic E-state index is 5.33. The van der Waals surface area contributed by atoms with Crippen molar-refractivity contribution < 1.29 is 4.52 Å². The lowest BCUT2D eigenvalue weighted by atomic mass is 10.1. The molecule has 15 heavy (non-hydrogen) atoms. The van der Waals surface area contributed by atoms with Crippen LogP contribution in [-0.4, -0.2) is 36.3 Å². The second kappa shape index (κ2) is 3.90. The fraction of sp³-hybridized carbons (Fsp3) is 0.800. The van der Waals surface area contributed by atoms with Crippen LogP contribution in [0.2, 0.25) is 0 Å². The van der Waals surface area contributed by atoms with Gasteiger partial charge in [0, 0.05) is 19.0 Å². The average molecular weight is 208 g/mol. The van der Waals surface area contributed by atoms with Crippen LogP contribution in [0.3, 0.4) is 0 Å². The zero-order valence-corrected chi connectivity index (χ0v) is 8.70. The maximum Gasteiger partial charge on any atom is 0.231 e. The first kappa shape index (κ1) is 9.30. The van der Waals surface area contributed by atoms with Gasteiger partial charge in [0.05, 0.1) is 5.92 Å². The molecule has 2 aliphatic heterocycles. The van der Waals surface area contributed by atoms with Gasteiger partial charge in [-0.25, -0.2) is 0 Å². The van der Waals surface area contributed by atoms with Crippen LogP contribution in [0.4, 0.5) is 0 Å². The molecule has 5 nitrogen and oxygen atoms in total. The molecule has 0 aliphatic carbocycles. The third kappa shape index (κ3) is 1.77. The van der Waals surface area contributed by atoms with Crippen LogP contribution >= 0.6 is 0 Å². The molecule has 0 bridgehead atoms. The van der Waals surface area contributed by atoms with Crippen molar-refractivity contribution in [2.45, 2.75) is 24.7 Å². The first-order valence-corrected chi connectivity index (χ1v) is 5.68. The predicted octanol–water partition coefficient (Wildman–Crippen LogP) is 0.223. The number of rotatable bonds is 2. The molecule has 1 aromatic heterocycles. The summed E-state index contributed by atoms with van der Waals surface area (Å²) in [5.41, 5.74) is 0. The van der Waals surface area contributed by atoms with Crippen LogP contribution in [0.15, 0.2) is 4.52 Å². The van der Waals surface area contributed by atoms with E-state index >= 15 is 0 Å². The molecule has 3 rings (SSSR count). The molecule has 5 heteroatoms. The van der Waals surface area contributed by atoms with E-state index < -0.39 is 0 Å². The number of hydrogen-bond acceptors (Lipinski definition) is 5. The van der Waals surface area contributed by atoms with E-state index in [2.05, 4.69) is 20.8 Å². The van der Waals surface area contributed by atoms with E-state index in [0.29, 0.717) is 11.8 Å². The Morgan fingerprint density at radius 1 is 1.07 bits per heavy atom. The van der Waals surface area contributed by atoms with E-state index in [1.807, 2.05) is 0 Å². The van der Waals surface area contributed by atoms with Crippen molar-refractivity contribution in [3.05, 3.63) is 11.7 Å². The Kier molecular flexibility index (Phi) is 2.42. The lowest BCUT2D eigenvalue weighted by molar-refractivity contribution is 0.352. The van der Waals surface area contributed by atoms with Gasteiger partial charge in [-0.1, -0.05) is 5.16 Å². The Hall–Kier alpha value is -0.940. The Labute approximate surface area is 88.6 Å². The van der Waals surface area contributed by atoms with Crippen molar-refractivity contribution in [1.29, 1.82) is 0 Å². The molecule has 0 saturated carbocycles. The third-order valence-electron chi connectivity index (χ3n) is 3.29. The van der Waals surface area contributed by atoms with Crippen molar-refractivity contribution in [3.8, 4) is 0 Å². The minimum atomic E-state index is 0.431. The second-order valence-corrected chi connectivity index (χ2v) is 4.37. The van der Waals surface area contributed by atoms with Crippen LogP contribution in [0.1, 0.15) is 36.4 Å². The molecule has 1 aromatic rings. The van der Waals surface area contributed by atoms with E-state index in [9.17, 15) is 0 Å². The Morgan fingerprint density at radius 3 is 2.47 bits per heavy atom.